The topological polar surface area (TPSA) is 75.7 Å². The summed E-state index contributed by atoms with van der Waals surface area (Å²) in [7, 11) is -2.36. The number of hydrogen-bond donors (Lipinski definition) is 1. The molecule has 0 bridgehead atoms. The largest absolute Gasteiger partial charge is 0.497 e. The Morgan fingerprint density at radius 3 is 2.64 bits per heavy atom. The fourth-order valence-corrected chi connectivity index (χ4v) is 4.99. The minimum Gasteiger partial charge on any atom is -0.497 e. The standard InChI is InChI=1S/C20H23ClN2O4S/c1-27-17-6-4-5-15(13-17)14-23(19-7-2-3-12-22-20(19)24)28(25,26)18-10-8-16(21)9-11-18/h4-6,8-11,13,19H,2-3,7,12,14H2,1H3,(H,22,24)/t19-/m1/s1. The zero-order valence-electron chi connectivity index (χ0n) is 15.6. The maximum absolute atomic E-state index is 13.4. The van der Waals surface area contributed by atoms with Crippen LogP contribution in [0, 0.1) is 0 Å². The van der Waals surface area contributed by atoms with Crippen LogP contribution in [0.2, 0.25) is 5.02 Å². The molecule has 2 aromatic rings. The third kappa shape index (κ3) is 4.66. The van der Waals surface area contributed by atoms with E-state index < -0.39 is 16.1 Å². The van der Waals surface area contributed by atoms with Crippen LogP contribution in [0.3, 0.4) is 0 Å². The zero-order chi connectivity index (χ0) is 20.1. The molecule has 6 nitrogen and oxygen atoms in total. The van der Waals surface area contributed by atoms with Crippen LogP contribution in [-0.2, 0) is 21.4 Å². The molecule has 8 heteroatoms. The van der Waals surface area contributed by atoms with Crippen LogP contribution in [0.25, 0.3) is 0 Å². The molecule has 0 spiro atoms. The minimum absolute atomic E-state index is 0.0697. The summed E-state index contributed by atoms with van der Waals surface area (Å²) in [5.74, 6) is 0.365. The van der Waals surface area contributed by atoms with Gasteiger partial charge in [0.25, 0.3) is 0 Å². The highest BCUT2D eigenvalue weighted by atomic mass is 35.5. The molecule has 1 fully saturated rings. The highest BCUT2D eigenvalue weighted by molar-refractivity contribution is 7.89. The van der Waals surface area contributed by atoms with Crippen LogP contribution < -0.4 is 10.1 Å². The van der Waals surface area contributed by atoms with E-state index in [-0.39, 0.29) is 17.3 Å². The molecule has 1 heterocycles. The number of carbonyl (C=O) groups excluding carboxylic acids is 1. The lowest BCUT2D eigenvalue weighted by molar-refractivity contribution is -0.124. The third-order valence-electron chi connectivity index (χ3n) is 4.75. The normalized spacial score (nSPS) is 17.8. The lowest BCUT2D eigenvalue weighted by Crippen LogP contribution is -2.48. The Labute approximate surface area is 170 Å². The number of nitrogens with zero attached hydrogens (tertiary/aromatic N) is 1. The molecule has 1 aliphatic heterocycles. The van der Waals surface area contributed by atoms with Crippen LogP contribution in [0.15, 0.2) is 53.4 Å². The van der Waals surface area contributed by atoms with Crippen LogP contribution in [0.5, 0.6) is 5.75 Å². The van der Waals surface area contributed by atoms with Crippen molar-refractivity contribution in [3.8, 4) is 5.75 Å². The predicted molar refractivity (Wildman–Crippen MR) is 108 cm³/mol. The van der Waals surface area contributed by atoms with Gasteiger partial charge in [-0.3, -0.25) is 4.79 Å². The Bertz CT molecular complexity index is 931. The maximum atomic E-state index is 13.4. The number of hydrogen-bond acceptors (Lipinski definition) is 4. The van der Waals surface area contributed by atoms with E-state index in [1.807, 2.05) is 6.07 Å². The number of ether oxygens (including phenoxy) is 1. The van der Waals surface area contributed by atoms with Crippen molar-refractivity contribution in [2.45, 2.75) is 36.7 Å². The summed E-state index contributed by atoms with van der Waals surface area (Å²) >= 11 is 5.91. The monoisotopic (exact) mass is 422 g/mol. The fourth-order valence-electron chi connectivity index (χ4n) is 3.25. The minimum atomic E-state index is -3.91. The third-order valence-corrected chi connectivity index (χ3v) is 6.87. The first-order chi connectivity index (χ1) is 13.4. The van der Waals surface area contributed by atoms with Gasteiger partial charge in [0.05, 0.1) is 12.0 Å². The van der Waals surface area contributed by atoms with Crippen LogP contribution in [-0.4, -0.2) is 38.3 Å². The molecule has 1 atom stereocenters. The zero-order valence-corrected chi connectivity index (χ0v) is 17.2. The molecule has 150 valence electrons. The first-order valence-electron chi connectivity index (χ1n) is 9.10. The summed E-state index contributed by atoms with van der Waals surface area (Å²) in [6.07, 6.45) is 2.08. The molecule has 28 heavy (non-hydrogen) atoms. The number of methoxy groups -OCH3 is 1. The fraction of sp³-hybridized carbons (Fsp3) is 0.350. The van der Waals surface area contributed by atoms with E-state index in [2.05, 4.69) is 5.32 Å². The number of sulfonamides is 1. The molecule has 1 aliphatic rings. The highest BCUT2D eigenvalue weighted by Crippen LogP contribution is 2.26. The Hall–Kier alpha value is -2.09. The van der Waals surface area contributed by atoms with Gasteiger partial charge >= 0.3 is 0 Å². The Balaban J connectivity index is 2.02. The molecule has 0 aliphatic carbocycles. The smallest absolute Gasteiger partial charge is 0.244 e. The first kappa shape index (κ1) is 20.6. The Morgan fingerprint density at radius 1 is 1.18 bits per heavy atom. The van der Waals surface area contributed by atoms with Gasteiger partial charge in [-0.25, -0.2) is 8.42 Å². The van der Waals surface area contributed by atoms with Gasteiger partial charge in [0, 0.05) is 18.1 Å². The van der Waals surface area contributed by atoms with E-state index in [4.69, 9.17) is 16.3 Å². The van der Waals surface area contributed by atoms with Crippen molar-refractivity contribution in [1.29, 1.82) is 0 Å². The van der Waals surface area contributed by atoms with E-state index in [0.29, 0.717) is 23.7 Å². The molecule has 0 unspecified atom stereocenters. The highest BCUT2D eigenvalue weighted by Gasteiger charge is 2.36. The van der Waals surface area contributed by atoms with E-state index in [0.717, 1.165) is 18.4 Å². The maximum Gasteiger partial charge on any atom is 0.244 e. The van der Waals surface area contributed by atoms with Crippen LogP contribution in [0.1, 0.15) is 24.8 Å². The van der Waals surface area contributed by atoms with Gasteiger partial charge in [-0.05, 0) is 61.2 Å². The van der Waals surface area contributed by atoms with Crippen molar-refractivity contribution in [1.82, 2.24) is 9.62 Å². The van der Waals surface area contributed by atoms with Crippen molar-refractivity contribution in [2.75, 3.05) is 13.7 Å². The van der Waals surface area contributed by atoms with Gasteiger partial charge in [-0.15, -0.1) is 0 Å². The lowest BCUT2D eigenvalue weighted by Gasteiger charge is -2.29. The van der Waals surface area contributed by atoms with Gasteiger partial charge in [0.2, 0.25) is 15.9 Å². The van der Waals surface area contributed by atoms with Gasteiger partial charge in [-0.2, -0.15) is 4.31 Å². The summed E-state index contributed by atoms with van der Waals surface area (Å²) in [4.78, 5) is 12.7. The molecule has 1 N–H and O–H groups in total. The average Bonchev–Trinajstić information content (AvgIpc) is 2.90. The average molecular weight is 423 g/mol. The first-order valence-corrected chi connectivity index (χ1v) is 10.9. The summed E-state index contributed by atoms with van der Waals surface area (Å²) in [6.45, 7) is 0.629. The second kappa shape index (κ2) is 8.94. The van der Waals surface area contributed by atoms with Gasteiger partial charge in [-0.1, -0.05) is 23.7 Å². The molecule has 0 saturated carbocycles. The molecule has 1 saturated heterocycles. The Morgan fingerprint density at radius 2 is 1.93 bits per heavy atom. The summed E-state index contributed by atoms with van der Waals surface area (Å²) in [5, 5.41) is 3.27. The van der Waals surface area contributed by atoms with Gasteiger partial charge < -0.3 is 10.1 Å². The summed E-state index contributed by atoms with van der Waals surface area (Å²) < 4.78 is 33.4. The number of benzene rings is 2. The van der Waals surface area contributed by atoms with Crippen molar-refractivity contribution in [3.05, 3.63) is 59.1 Å². The number of nitrogens with one attached hydrogen (secondary N) is 1. The summed E-state index contributed by atoms with van der Waals surface area (Å²) in [5.41, 5.74) is 0.744. The second-order valence-corrected chi connectivity index (χ2v) is 8.99. The molecule has 1 amide bonds. The number of amides is 1. The summed E-state index contributed by atoms with van der Waals surface area (Å²) in [6, 6.07) is 12.4. The van der Waals surface area contributed by atoms with E-state index in [1.165, 1.54) is 28.6 Å². The van der Waals surface area contributed by atoms with E-state index in [9.17, 15) is 13.2 Å². The quantitative estimate of drug-likeness (QED) is 0.775. The molecule has 0 radical (unpaired) electrons. The number of halogens is 1. The van der Waals surface area contributed by atoms with Crippen LogP contribution >= 0.6 is 11.6 Å². The van der Waals surface area contributed by atoms with Gasteiger partial charge in [0.1, 0.15) is 11.8 Å². The lowest BCUT2D eigenvalue weighted by atomic mass is 10.1. The van der Waals surface area contributed by atoms with Gasteiger partial charge in [0.15, 0.2) is 0 Å². The van der Waals surface area contributed by atoms with E-state index in [1.54, 1.807) is 25.3 Å². The SMILES string of the molecule is COc1cccc(CN([C@@H]2CCCCNC2=O)S(=O)(=O)c2ccc(Cl)cc2)c1. The molecule has 3 rings (SSSR count). The van der Waals surface area contributed by atoms with Crippen molar-refractivity contribution < 1.29 is 17.9 Å². The van der Waals surface area contributed by atoms with Crippen molar-refractivity contribution in [2.24, 2.45) is 0 Å². The Kier molecular flexibility index (Phi) is 6.59. The van der Waals surface area contributed by atoms with E-state index >= 15 is 0 Å². The molecule has 2 aromatic carbocycles. The second-order valence-electron chi connectivity index (χ2n) is 6.66. The number of rotatable bonds is 6. The molecular formula is C20H23ClN2O4S. The van der Waals surface area contributed by atoms with Crippen molar-refractivity contribution >= 4 is 27.5 Å². The molecular weight excluding hydrogens is 400 g/mol. The predicted octanol–water partition coefficient (Wildman–Crippen LogP) is 3.21. The van der Waals surface area contributed by atoms with Crippen molar-refractivity contribution in [3.63, 3.8) is 0 Å². The number of carbonyl (C=O) groups is 1. The van der Waals surface area contributed by atoms with Crippen LogP contribution in [0.4, 0.5) is 0 Å². The molecule has 0 aromatic heterocycles.